The third kappa shape index (κ3) is 7.45. The Kier molecular flexibility index (Phi) is 10.0. The molecule has 1 rings (SSSR count). The second-order valence-corrected chi connectivity index (χ2v) is 4.73. The van der Waals surface area contributed by atoms with Gasteiger partial charge in [-0.25, -0.2) is 0 Å². The summed E-state index contributed by atoms with van der Waals surface area (Å²) < 4.78 is 4.99. The summed E-state index contributed by atoms with van der Waals surface area (Å²) in [4.78, 5) is 15.8. The molecule has 0 bridgehead atoms. The molecule has 0 aromatic carbocycles. The van der Waals surface area contributed by atoms with Crippen LogP contribution in [0.5, 0.6) is 0 Å². The average molecular weight is 305 g/mol. The minimum atomic E-state index is 0. The molecule has 1 aromatic heterocycles. The number of hydrogen-bond acceptors (Lipinski definition) is 5. The molecular weight excluding hydrogens is 280 g/mol. The van der Waals surface area contributed by atoms with Crippen molar-refractivity contribution in [2.45, 2.75) is 58.4 Å². The minimum Gasteiger partial charge on any atom is -0.352 e. The van der Waals surface area contributed by atoms with E-state index < -0.39 is 0 Å². The van der Waals surface area contributed by atoms with Gasteiger partial charge in [-0.1, -0.05) is 24.9 Å². The molecule has 0 fully saturated rings. The van der Waals surface area contributed by atoms with E-state index in [0.29, 0.717) is 37.5 Å². The maximum atomic E-state index is 11.7. The summed E-state index contributed by atoms with van der Waals surface area (Å²) in [5, 5.41) is 6.67. The summed E-state index contributed by atoms with van der Waals surface area (Å²) in [7, 11) is 0. The number of nitrogens with zero attached hydrogens (tertiary/aromatic N) is 2. The summed E-state index contributed by atoms with van der Waals surface area (Å²) in [6.45, 7) is 4.40. The van der Waals surface area contributed by atoms with Crippen LogP contribution in [-0.4, -0.2) is 28.6 Å². The summed E-state index contributed by atoms with van der Waals surface area (Å²) in [5.74, 6) is 1.26. The van der Waals surface area contributed by atoms with Gasteiger partial charge in [0.1, 0.15) is 0 Å². The molecule has 20 heavy (non-hydrogen) atoms. The predicted molar refractivity (Wildman–Crippen MR) is 79.7 cm³/mol. The molecule has 1 atom stereocenters. The van der Waals surface area contributed by atoms with Crippen LogP contribution in [0.2, 0.25) is 0 Å². The Balaban J connectivity index is 0.00000361. The van der Waals surface area contributed by atoms with Gasteiger partial charge >= 0.3 is 0 Å². The zero-order valence-electron chi connectivity index (χ0n) is 12.2. The minimum absolute atomic E-state index is 0. The number of nitrogens with one attached hydrogen (secondary N) is 1. The van der Waals surface area contributed by atoms with Crippen molar-refractivity contribution in [3.63, 3.8) is 0 Å². The van der Waals surface area contributed by atoms with E-state index in [2.05, 4.69) is 22.4 Å². The number of halogens is 1. The molecule has 1 amide bonds. The van der Waals surface area contributed by atoms with Crippen molar-refractivity contribution < 1.29 is 9.32 Å². The fraction of sp³-hybridized carbons (Fsp3) is 0.769. The number of carbonyl (C=O) groups is 1. The van der Waals surface area contributed by atoms with E-state index in [0.717, 1.165) is 19.3 Å². The lowest BCUT2D eigenvalue weighted by Crippen LogP contribution is -2.40. The van der Waals surface area contributed by atoms with Crippen LogP contribution in [0.3, 0.4) is 0 Å². The van der Waals surface area contributed by atoms with Crippen LogP contribution in [0.1, 0.15) is 50.7 Å². The number of aryl methyl sites for hydroxylation is 2. The van der Waals surface area contributed by atoms with Gasteiger partial charge in [-0.05, 0) is 19.8 Å². The van der Waals surface area contributed by atoms with Gasteiger partial charge in [0.2, 0.25) is 11.8 Å². The Morgan fingerprint density at radius 1 is 1.45 bits per heavy atom. The highest BCUT2D eigenvalue weighted by atomic mass is 35.5. The van der Waals surface area contributed by atoms with Crippen LogP contribution in [0.15, 0.2) is 4.52 Å². The predicted octanol–water partition coefficient (Wildman–Crippen LogP) is 1.76. The van der Waals surface area contributed by atoms with Crippen LogP contribution in [-0.2, 0) is 11.2 Å². The molecule has 0 radical (unpaired) electrons. The number of nitrogens with two attached hydrogens (primary N) is 1. The first-order chi connectivity index (χ1) is 9.15. The highest BCUT2D eigenvalue weighted by Crippen LogP contribution is 2.04. The van der Waals surface area contributed by atoms with Gasteiger partial charge in [-0.3, -0.25) is 4.79 Å². The summed E-state index contributed by atoms with van der Waals surface area (Å²) in [6, 6.07) is 0.0955. The van der Waals surface area contributed by atoms with Crippen molar-refractivity contribution in [3.05, 3.63) is 11.7 Å². The largest absolute Gasteiger partial charge is 0.352 e. The maximum absolute atomic E-state index is 11.7. The molecule has 1 unspecified atom stereocenters. The molecule has 1 heterocycles. The van der Waals surface area contributed by atoms with Gasteiger partial charge in [-0.2, -0.15) is 4.98 Å². The summed E-state index contributed by atoms with van der Waals surface area (Å²) >= 11 is 0. The van der Waals surface area contributed by atoms with Gasteiger partial charge in [0.05, 0.1) is 0 Å². The SMILES string of the molecule is CCCCC(CN)NC(=O)CCCc1nc(C)no1.Cl. The molecule has 0 aliphatic heterocycles. The lowest BCUT2D eigenvalue weighted by molar-refractivity contribution is -0.121. The third-order valence-electron chi connectivity index (χ3n) is 2.92. The molecule has 0 saturated heterocycles. The molecule has 7 heteroatoms. The topological polar surface area (TPSA) is 94.0 Å². The normalized spacial score (nSPS) is 11.8. The van der Waals surface area contributed by atoms with Crippen LogP contribution < -0.4 is 11.1 Å². The standard InChI is InChI=1S/C13H24N4O2.ClH/c1-3-4-6-11(9-14)16-12(18)7-5-8-13-15-10(2)17-19-13;/h11H,3-9,14H2,1-2H3,(H,16,18);1H. The number of carbonyl (C=O) groups excluding carboxylic acids is 1. The van der Waals surface area contributed by atoms with Crippen LogP contribution in [0.25, 0.3) is 0 Å². The van der Waals surface area contributed by atoms with E-state index in [1.807, 2.05) is 0 Å². The van der Waals surface area contributed by atoms with E-state index >= 15 is 0 Å². The highest BCUT2D eigenvalue weighted by Gasteiger charge is 2.10. The molecule has 0 aliphatic carbocycles. The molecule has 3 N–H and O–H groups in total. The average Bonchev–Trinajstić information content (AvgIpc) is 2.80. The second kappa shape index (κ2) is 10.6. The Bertz CT molecular complexity index is 384. The van der Waals surface area contributed by atoms with Crippen LogP contribution >= 0.6 is 12.4 Å². The summed E-state index contributed by atoms with van der Waals surface area (Å²) in [5.41, 5.74) is 5.64. The van der Waals surface area contributed by atoms with E-state index in [1.165, 1.54) is 0 Å². The Hall–Kier alpha value is -1.14. The van der Waals surface area contributed by atoms with Crippen molar-refractivity contribution in [2.24, 2.45) is 5.73 Å². The lowest BCUT2D eigenvalue weighted by Gasteiger charge is -2.16. The van der Waals surface area contributed by atoms with Crippen LogP contribution in [0, 0.1) is 6.92 Å². The monoisotopic (exact) mass is 304 g/mol. The molecule has 6 nitrogen and oxygen atoms in total. The van der Waals surface area contributed by atoms with Crippen LogP contribution in [0.4, 0.5) is 0 Å². The summed E-state index contributed by atoms with van der Waals surface area (Å²) in [6.07, 6.45) is 4.95. The van der Waals surface area contributed by atoms with Crippen molar-refractivity contribution in [3.8, 4) is 0 Å². The second-order valence-electron chi connectivity index (χ2n) is 4.73. The molecule has 0 saturated carbocycles. The quantitative estimate of drug-likeness (QED) is 0.725. The Morgan fingerprint density at radius 2 is 2.20 bits per heavy atom. The number of rotatable bonds is 9. The zero-order valence-corrected chi connectivity index (χ0v) is 13.0. The van der Waals surface area contributed by atoms with Gasteiger partial charge in [0.15, 0.2) is 5.82 Å². The first kappa shape index (κ1) is 18.9. The maximum Gasteiger partial charge on any atom is 0.226 e. The first-order valence-corrected chi connectivity index (χ1v) is 6.94. The number of aromatic nitrogens is 2. The Morgan fingerprint density at radius 3 is 2.75 bits per heavy atom. The van der Waals surface area contributed by atoms with Gasteiger partial charge in [0, 0.05) is 25.4 Å². The Labute approximate surface area is 126 Å². The molecule has 1 aromatic rings. The number of unbranched alkanes of at least 4 members (excludes halogenated alkanes) is 1. The van der Waals surface area contributed by atoms with Crippen molar-refractivity contribution >= 4 is 18.3 Å². The van der Waals surface area contributed by atoms with E-state index in [1.54, 1.807) is 6.92 Å². The molecule has 116 valence electrons. The number of hydrogen-bond donors (Lipinski definition) is 2. The van der Waals surface area contributed by atoms with E-state index in [9.17, 15) is 4.79 Å². The third-order valence-corrected chi connectivity index (χ3v) is 2.92. The van der Waals surface area contributed by atoms with Crippen molar-refractivity contribution in [2.75, 3.05) is 6.54 Å². The molecular formula is C13H25ClN4O2. The van der Waals surface area contributed by atoms with E-state index in [4.69, 9.17) is 10.3 Å². The van der Waals surface area contributed by atoms with Gasteiger partial charge < -0.3 is 15.6 Å². The van der Waals surface area contributed by atoms with Gasteiger partial charge in [0.25, 0.3) is 0 Å². The fourth-order valence-corrected chi connectivity index (χ4v) is 1.84. The van der Waals surface area contributed by atoms with Crippen molar-refractivity contribution in [1.29, 1.82) is 0 Å². The smallest absolute Gasteiger partial charge is 0.226 e. The lowest BCUT2D eigenvalue weighted by atomic mass is 10.1. The zero-order chi connectivity index (χ0) is 14.1. The molecule has 0 aliphatic rings. The van der Waals surface area contributed by atoms with Crippen molar-refractivity contribution in [1.82, 2.24) is 15.5 Å². The fourth-order valence-electron chi connectivity index (χ4n) is 1.84. The molecule has 0 spiro atoms. The highest BCUT2D eigenvalue weighted by molar-refractivity contribution is 5.85. The first-order valence-electron chi connectivity index (χ1n) is 6.94. The van der Waals surface area contributed by atoms with Gasteiger partial charge in [-0.15, -0.1) is 12.4 Å². The van der Waals surface area contributed by atoms with E-state index in [-0.39, 0.29) is 24.4 Å². The number of amides is 1.